The lowest BCUT2D eigenvalue weighted by Gasteiger charge is -2.16. The maximum absolute atomic E-state index is 12.5. The second kappa shape index (κ2) is 9.22. The minimum Gasteiger partial charge on any atom is -0.405 e. The molecule has 0 unspecified atom stereocenters. The third-order valence-electron chi connectivity index (χ3n) is 3.90. The van der Waals surface area contributed by atoms with Crippen molar-refractivity contribution in [1.82, 2.24) is 0 Å². The Morgan fingerprint density at radius 3 is 2.19 bits per heavy atom. The number of aldehydes is 1. The summed E-state index contributed by atoms with van der Waals surface area (Å²) < 4.78 is 41.6. The Morgan fingerprint density at radius 2 is 1.62 bits per heavy atom. The fourth-order valence-corrected chi connectivity index (χ4v) is 2.34. The van der Waals surface area contributed by atoms with Crippen LogP contribution in [0.15, 0.2) is 47.6 Å². The van der Waals surface area contributed by atoms with E-state index in [1.807, 2.05) is 44.2 Å². The van der Waals surface area contributed by atoms with Crippen LogP contribution in [-0.2, 0) is 4.79 Å². The summed E-state index contributed by atoms with van der Waals surface area (Å²) in [6, 6.07) is 1.40. The highest BCUT2D eigenvalue weighted by atomic mass is 19.4. The Labute approximate surface area is 152 Å². The van der Waals surface area contributed by atoms with Gasteiger partial charge in [0, 0.05) is 0 Å². The number of ether oxygens (including phenoxy) is 1. The number of rotatable bonds is 6. The van der Waals surface area contributed by atoms with Gasteiger partial charge in [-0.25, -0.2) is 0 Å². The minimum absolute atomic E-state index is 0.169. The van der Waals surface area contributed by atoms with Gasteiger partial charge in [-0.15, -0.1) is 13.2 Å². The number of aryl methyl sites for hydroxylation is 1. The Balaban J connectivity index is 3.06. The van der Waals surface area contributed by atoms with Crippen LogP contribution in [0.5, 0.6) is 5.75 Å². The Hall–Kier alpha value is -2.56. The van der Waals surface area contributed by atoms with Crippen LogP contribution in [0, 0.1) is 20.8 Å². The fourth-order valence-electron chi connectivity index (χ4n) is 2.34. The molecule has 1 aromatic rings. The predicted octanol–water partition coefficient (Wildman–Crippen LogP) is 6.17. The molecule has 0 N–H and O–H groups in total. The lowest BCUT2D eigenvalue weighted by atomic mass is 9.96. The molecule has 0 heterocycles. The molecule has 0 amide bonds. The van der Waals surface area contributed by atoms with Crippen molar-refractivity contribution >= 4 is 12.4 Å². The van der Waals surface area contributed by atoms with E-state index in [1.165, 1.54) is 12.1 Å². The number of hydrogen-bond acceptors (Lipinski definition) is 2. The zero-order valence-electron chi connectivity index (χ0n) is 15.6. The first-order valence-corrected chi connectivity index (χ1v) is 8.06. The molecule has 1 rings (SSSR count). The summed E-state index contributed by atoms with van der Waals surface area (Å²) in [6.45, 7) is 8.88. The van der Waals surface area contributed by atoms with E-state index < -0.39 is 6.36 Å². The van der Waals surface area contributed by atoms with Crippen LogP contribution in [0.1, 0.15) is 36.1 Å². The summed E-state index contributed by atoms with van der Waals surface area (Å²) >= 11 is 0. The molecule has 0 saturated heterocycles. The van der Waals surface area contributed by atoms with Gasteiger partial charge in [0.1, 0.15) is 12.0 Å². The van der Waals surface area contributed by atoms with E-state index in [1.54, 1.807) is 20.8 Å². The summed E-state index contributed by atoms with van der Waals surface area (Å²) in [5, 5.41) is 0. The lowest BCUT2D eigenvalue weighted by molar-refractivity contribution is -0.274. The standard InChI is InChI=1S/C21H23F3O2/c1-14(7-6-8-15(2)11-12-25)9-10-19-16(3)13-20(18(5)17(19)4)26-21(22,23)24/h6-13H,1-5H3/b8-6+,10-9+,14-7+,15-11+. The molecule has 140 valence electrons. The highest BCUT2D eigenvalue weighted by molar-refractivity contribution is 5.67. The minimum atomic E-state index is -4.71. The molecule has 0 radical (unpaired) electrons. The highest BCUT2D eigenvalue weighted by Crippen LogP contribution is 2.32. The topological polar surface area (TPSA) is 26.3 Å². The summed E-state index contributed by atoms with van der Waals surface area (Å²) in [4.78, 5) is 10.4. The first-order chi connectivity index (χ1) is 12.0. The van der Waals surface area contributed by atoms with Crippen LogP contribution in [0.3, 0.4) is 0 Å². The molecule has 2 nitrogen and oxygen atoms in total. The Morgan fingerprint density at radius 1 is 1.00 bits per heavy atom. The SMILES string of the molecule is CC(/C=C/C=C(C)/C=C/c1c(C)cc(OC(F)(F)F)c(C)c1C)=C\C=O. The largest absolute Gasteiger partial charge is 0.573 e. The van der Waals surface area contributed by atoms with E-state index in [0.29, 0.717) is 11.1 Å². The van der Waals surface area contributed by atoms with E-state index in [0.717, 1.165) is 28.6 Å². The zero-order valence-corrected chi connectivity index (χ0v) is 15.6. The smallest absolute Gasteiger partial charge is 0.405 e. The molecule has 5 heteroatoms. The molecular weight excluding hydrogens is 341 g/mol. The first-order valence-electron chi connectivity index (χ1n) is 8.06. The third-order valence-corrected chi connectivity index (χ3v) is 3.90. The van der Waals surface area contributed by atoms with Crippen molar-refractivity contribution < 1.29 is 22.7 Å². The lowest BCUT2D eigenvalue weighted by Crippen LogP contribution is -2.18. The van der Waals surface area contributed by atoms with Gasteiger partial charge in [-0.2, -0.15) is 0 Å². The summed E-state index contributed by atoms with van der Waals surface area (Å²) in [7, 11) is 0. The van der Waals surface area contributed by atoms with Crippen LogP contribution in [0.4, 0.5) is 13.2 Å². The molecule has 0 spiro atoms. The van der Waals surface area contributed by atoms with Crippen molar-refractivity contribution in [2.75, 3.05) is 0 Å². The molecule has 0 saturated carbocycles. The van der Waals surface area contributed by atoms with Crippen molar-refractivity contribution in [3.63, 3.8) is 0 Å². The average Bonchev–Trinajstić information content (AvgIpc) is 2.51. The molecule has 26 heavy (non-hydrogen) atoms. The quantitative estimate of drug-likeness (QED) is 0.343. The van der Waals surface area contributed by atoms with Crippen LogP contribution in [-0.4, -0.2) is 12.6 Å². The van der Waals surface area contributed by atoms with E-state index in [9.17, 15) is 18.0 Å². The summed E-state index contributed by atoms with van der Waals surface area (Å²) in [6.07, 6.45) is 6.80. The Kier molecular flexibility index (Phi) is 7.62. The van der Waals surface area contributed by atoms with Crippen molar-refractivity contribution in [2.45, 2.75) is 41.0 Å². The number of alkyl halides is 3. The second-order valence-corrected chi connectivity index (χ2v) is 6.05. The van der Waals surface area contributed by atoms with Gasteiger partial charge >= 0.3 is 6.36 Å². The molecule has 0 fully saturated rings. The highest BCUT2D eigenvalue weighted by Gasteiger charge is 2.32. The molecular formula is C21H23F3O2. The van der Waals surface area contributed by atoms with Gasteiger partial charge in [0.2, 0.25) is 0 Å². The van der Waals surface area contributed by atoms with Gasteiger partial charge in [0.15, 0.2) is 0 Å². The number of hydrogen-bond donors (Lipinski definition) is 0. The molecule has 0 aliphatic heterocycles. The van der Waals surface area contributed by atoms with Gasteiger partial charge in [-0.1, -0.05) is 36.0 Å². The van der Waals surface area contributed by atoms with E-state index in [2.05, 4.69) is 4.74 Å². The number of halogens is 3. The number of carbonyl (C=O) groups excluding carboxylic acids is 1. The molecule has 0 aliphatic rings. The molecule has 0 aromatic heterocycles. The second-order valence-electron chi connectivity index (χ2n) is 6.05. The van der Waals surface area contributed by atoms with Crippen molar-refractivity contribution in [1.29, 1.82) is 0 Å². The van der Waals surface area contributed by atoms with Crippen LogP contribution in [0.2, 0.25) is 0 Å². The van der Waals surface area contributed by atoms with Crippen molar-refractivity contribution in [3.05, 3.63) is 69.8 Å². The zero-order chi connectivity index (χ0) is 19.9. The number of carbonyl (C=O) groups is 1. The van der Waals surface area contributed by atoms with Crippen LogP contribution < -0.4 is 4.74 Å². The van der Waals surface area contributed by atoms with Gasteiger partial charge in [0.05, 0.1) is 0 Å². The average molecular weight is 364 g/mol. The summed E-state index contributed by atoms with van der Waals surface area (Å²) in [5.74, 6) is -0.169. The monoisotopic (exact) mass is 364 g/mol. The van der Waals surface area contributed by atoms with Gasteiger partial charge in [-0.05, 0) is 74.6 Å². The van der Waals surface area contributed by atoms with Gasteiger partial charge in [0.25, 0.3) is 0 Å². The molecule has 0 bridgehead atoms. The molecule has 1 aromatic carbocycles. The van der Waals surface area contributed by atoms with E-state index in [4.69, 9.17) is 0 Å². The van der Waals surface area contributed by atoms with Gasteiger partial charge in [-0.3, -0.25) is 4.79 Å². The van der Waals surface area contributed by atoms with Crippen LogP contribution in [0.25, 0.3) is 6.08 Å². The predicted molar refractivity (Wildman–Crippen MR) is 99.1 cm³/mol. The van der Waals surface area contributed by atoms with E-state index in [-0.39, 0.29) is 5.75 Å². The number of benzene rings is 1. The molecule has 0 aliphatic carbocycles. The van der Waals surface area contributed by atoms with E-state index >= 15 is 0 Å². The van der Waals surface area contributed by atoms with Gasteiger partial charge < -0.3 is 4.74 Å². The van der Waals surface area contributed by atoms with Crippen LogP contribution >= 0.6 is 0 Å². The first kappa shape index (κ1) is 21.5. The third kappa shape index (κ3) is 6.75. The van der Waals surface area contributed by atoms with Crippen molar-refractivity contribution in [3.8, 4) is 5.75 Å². The maximum Gasteiger partial charge on any atom is 0.573 e. The normalized spacial score (nSPS) is 13.7. The molecule has 0 atom stereocenters. The fraction of sp³-hybridized carbons (Fsp3) is 0.286. The maximum atomic E-state index is 12.5. The number of allylic oxidation sites excluding steroid dienone is 7. The Bertz CT molecular complexity index is 779. The van der Waals surface area contributed by atoms with Crippen molar-refractivity contribution in [2.24, 2.45) is 0 Å². The summed E-state index contributed by atoms with van der Waals surface area (Å²) in [5.41, 5.74) is 4.59.